The molecule has 1 rings (SSSR count). The first-order chi connectivity index (χ1) is 44.8. The monoisotopic (exact) mass is 1270 g/mol. The topological polar surface area (TPSA) is 149 Å². The van der Waals surface area contributed by atoms with Crippen molar-refractivity contribution in [2.45, 2.75) is 352 Å². The molecule has 0 aromatic rings. The smallest absolute Gasteiger partial charge is 0.220 e. The molecule has 7 atom stereocenters. The van der Waals surface area contributed by atoms with E-state index in [-0.39, 0.29) is 12.5 Å². The van der Waals surface area contributed by atoms with E-state index in [9.17, 15) is 30.3 Å². The number of carbonyl (C=O) groups is 1. The Labute approximate surface area is 559 Å². The number of amides is 1. The third-order valence-corrected chi connectivity index (χ3v) is 16.9. The normalized spacial score (nSPS) is 18.6. The van der Waals surface area contributed by atoms with Crippen molar-refractivity contribution in [2.24, 2.45) is 0 Å². The molecule has 1 aliphatic heterocycles. The number of unbranched alkanes of at least 4 members (excludes halogenated alkanes) is 32. The number of aliphatic hydroxyl groups excluding tert-OH is 5. The van der Waals surface area contributed by atoms with Gasteiger partial charge in [-0.1, -0.05) is 333 Å². The van der Waals surface area contributed by atoms with Gasteiger partial charge in [0.15, 0.2) is 6.29 Å². The van der Waals surface area contributed by atoms with E-state index >= 15 is 0 Å². The highest BCUT2D eigenvalue weighted by Crippen LogP contribution is 2.23. The van der Waals surface area contributed by atoms with Crippen molar-refractivity contribution in [3.8, 4) is 0 Å². The molecule has 6 N–H and O–H groups in total. The molecule has 7 unspecified atom stereocenters. The second-order valence-corrected chi connectivity index (χ2v) is 25.3. The van der Waals surface area contributed by atoms with Crippen LogP contribution in [-0.2, 0) is 14.3 Å². The zero-order chi connectivity index (χ0) is 65.7. The zero-order valence-corrected chi connectivity index (χ0v) is 58.3. The molecule has 0 saturated carbocycles. The first-order valence-electron chi connectivity index (χ1n) is 37.6. The summed E-state index contributed by atoms with van der Waals surface area (Å²) in [7, 11) is 0. The SMILES string of the molecule is CC/C=C\C/C=C\C/C=C\C/C=C\C/C=C\C/C=C\C/C=C\C/C=C\C/C=C\CCCCCCCCCC(=O)NC(COC1OC(CO)C(O)C(O)C1O)C(O)/C=C/CC/C=C/CC/C=C/CCCCCCCCCCCCCCCCCCCCCCCCC. The lowest BCUT2D eigenvalue weighted by atomic mass is 9.99. The fourth-order valence-electron chi connectivity index (χ4n) is 11.1. The molecular formula is C82H139NO8. The molecule has 1 saturated heterocycles. The van der Waals surface area contributed by atoms with E-state index < -0.39 is 49.5 Å². The van der Waals surface area contributed by atoms with Crippen molar-refractivity contribution < 1.29 is 39.8 Å². The minimum Gasteiger partial charge on any atom is -0.394 e. The lowest BCUT2D eigenvalue weighted by molar-refractivity contribution is -0.302. The maximum atomic E-state index is 13.1. The van der Waals surface area contributed by atoms with E-state index in [1.807, 2.05) is 6.08 Å². The Balaban J connectivity index is 2.18. The molecule has 1 heterocycles. The van der Waals surface area contributed by atoms with Gasteiger partial charge in [-0.2, -0.15) is 0 Å². The van der Waals surface area contributed by atoms with Gasteiger partial charge >= 0.3 is 0 Å². The van der Waals surface area contributed by atoms with Crippen LogP contribution in [-0.4, -0.2) is 87.5 Å². The van der Waals surface area contributed by atoms with Gasteiger partial charge in [0.2, 0.25) is 5.91 Å². The molecule has 0 aromatic heterocycles. The van der Waals surface area contributed by atoms with Gasteiger partial charge < -0.3 is 40.3 Å². The fourth-order valence-corrected chi connectivity index (χ4v) is 11.1. The second-order valence-electron chi connectivity index (χ2n) is 25.3. The van der Waals surface area contributed by atoms with E-state index in [0.29, 0.717) is 6.42 Å². The Bertz CT molecular complexity index is 1950. The van der Waals surface area contributed by atoms with Crippen LogP contribution in [0.3, 0.4) is 0 Å². The van der Waals surface area contributed by atoms with Crippen LogP contribution in [0.5, 0.6) is 0 Å². The predicted molar refractivity (Wildman–Crippen MR) is 391 cm³/mol. The van der Waals surface area contributed by atoms with E-state index in [0.717, 1.165) is 122 Å². The highest BCUT2D eigenvalue weighted by atomic mass is 16.7. The third kappa shape index (κ3) is 57.3. The number of aliphatic hydroxyl groups is 5. The van der Waals surface area contributed by atoms with Crippen LogP contribution < -0.4 is 5.32 Å². The number of nitrogens with one attached hydrogen (secondary N) is 1. The molecule has 9 heteroatoms. The van der Waals surface area contributed by atoms with Crippen LogP contribution in [0.4, 0.5) is 0 Å². The maximum absolute atomic E-state index is 13.1. The van der Waals surface area contributed by atoms with Crippen molar-refractivity contribution in [1.29, 1.82) is 0 Å². The minimum atomic E-state index is -1.59. The van der Waals surface area contributed by atoms with Crippen LogP contribution in [0.25, 0.3) is 0 Å². The number of allylic oxidation sites excluding steroid dienone is 23. The Hall–Kier alpha value is -3.93. The molecular weight excluding hydrogens is 1130 g/mol. The molecule has 1 fully saturated rings. The lowest BCUT2D eigenvalue weighted by Gasteiger charge is -2.40. The summed E-state index contributed by atoms with van der Waals surface area (Å²) in [6.45, 7) is 3.66. The summed E-state index contributed by atoms with van der Waals surface area (Å²) in [5.41, 5.74) is 0. The summed E-state index contributed by atoms with van der Waals surface area (Å²) in [6, 6.07) is -0.848. The van der Waals surface area contributed by atoms with Crippen molar-refractivity contribution in [1.82, 2.24) is 5.32 Å². The molecule has 0 aromatic carbocycles. The molecule has 0 radical (unpaired) electrons. The lowest BCUT2D eigenvalue weighted by Crippen LogP contribution is -2.60. The summed E-state index contributed by atoms with van der Waals surface area (Å²) in [5, 5.41) is 54.8. The Morgan fingerprint density at radius 2 is 0.692 bits per heavy atom. The van der Waals surface area contributed by atoms with Gasteiger partial charge in [-0.05, 0) is 116 Å². The molecule has 9 nitrogen and oxygen atoms in total. The molecule has 0 spiro atoms. The first-order valence-corrected chi connectivity index (χ1v) is 37.6. The van der Waals surface area contributed by atoms with Crippen molar-refractivity contribution in [3.05, 3.63) is 146 Å². The minimum absolute atomic E-state index is 0.206. The van der Waals surface area contributed by atoms with Crippen LogP contribution in [0.1, 0.15) is 309 Å². The van der Waals surface area contributed by atoms with Gasteiger partial charge in [0.25, 0.3) is 0 Å². The highest BCUT2D eigenvalue weighted by Gasteiger charge is 2.44. The zero-order valence-electron chi connectivity index (χ0n) is 58.3. The molecule has 0 bridgehead atoms. The van der Waals surface area contributed by atoms with E-state index in [4.69, 9.17) is 9.47 Å². The van der Waals surface area contributed by atoms with Crippen molar-refractivity contribution in [2.75, 3.05) is 13.2 Å². The fraction of sp³-hybridized carbons (Fsp3) is 0.695. The van der Waals surface area contributed by atoms with Gasteiger partial charge in [-0.25, -0.2) is 0 Å². The standard InChI is InChI=1S/C82H139NO8/c1-3-5-7-9-11-13-15-17-19-21-23-25-27-29-31-33-35-37-38-40-42-44-46-48-50-52-54-56-58-60-62-64-66-68-70-72-78(86)83-75(74-90-82-81(89)80(88)79(87)77(73-84)91-82)76(85)71-69-67-65-63-61-59-57-55-53-51-49-47-45-43-41-39-36-34-32-30-28-26-24-22-20-18-16-14-12-10-8-6-4-2/h5,7,11,13,17,19,23,25,29,31,35,37,40,42,46,48,52-55,61,63,69,71,75-77,79-82,84-85,87-89H,3-4,6,8-10,12,14-16,18,20-22,24,26-28,30,32-34,36,38-39,41,43-45,47,49-51,56-60,62,64-68,70,72-74H2,1-2H3,(H,83,86)/b7-5-,13-11-,19-17-,25-23-,31-29-,37-35-,42-40-,48-46-,54-52-,55-53+,63-61+,71-69+. The third-order valence-electron chi connectivity index (χ3n) is 16.9. The average Bonchev–Trinajstić information content (AvgIpc) is 1.58. The molecule has 1 amide bonds. The summed E-state index contributed by atoms with van der Waals surface area (Å²) < 4.78 is 11.3. The number of rotatable bonds is 64. The number of hydrogen-bond acceptors (Lipinski definition) is 8. The quantitative estimate of drug-likeness (QED) is 0.0261. The van der Waals surface area contributed by atoms with Crippen LogP contribution in [0, 0.1) is 0 Å². The van der Waals surface area contributed by atoms with Gasteiger partial charge in [0, 0.05) is 6.42 Å². The van der Waals surface area contributed by atoms with E-state index in [2.05, 4.69) is 153 Å². The van der Waals surface area contributed by atoms with E-state index in [1.54, 1.807) is 6.08 Å². The Kier molecular flexibility index (Phi) is 64.4. The number of hydrogen-bond donors (Lipinski definition) is 6. The molecule has 0 aliphatic carbocycles. The van der Waals surface area contributed by atoms with Crippen molar-refractivity contribution >= 4 is 5.91 Å². The summed E-state index contributed by atoms with van der Waals surface area (Å²) in [6.07, 6.45) is 99.7. The van der Waals surface area contributed by atoms with Gasteiger partial charge in [0.05, 0.1) is 25.4 Å². The summed E-state index contributed by atoms with van der Waals surface area (Å²) >= 11 is 0. The number of ether oxygens (including phenoxy) is 2. The second kappa shape index (κ2) is 68.9. The first kappa shape index (κ1) is 85.1. The molecule has 91 heavy (non-hydrogen) atoms. The highest BCUT2D eigenvalue weighted by molar-refractivity contribution is 5.76. The van der Waals surface area contributed by atoms with Gasteiger partial charge in [0.1, 0.15) is 24.4 Å². The summed E-state index contributed by atoms with van der Waals surface area (Å²) in [4.78, 5) is 13.1. The van der Waals surface area contributed by atoms with Crippen molar-refractivity contribution in [3.63, 3.8) is 0 Å². The van der Waals surface area contributed by atoms with Crippen LogP contribution in [0.15, 0.2) is 146 Å². The molecule has 1 aliphatic rings. The Morgan fingerprint density at radius 1 is 0.385 bits per heavy atom. The van der Waals surface area contributed by atoms with Gasteiger partial charge in [-0.3, -0.25) is 4.79 Å². The maximum Gasteiger partial charge on any atom is 0.220 e. The predicted octanol–water partition coefficient (Wildman–Crippen LogP) is 21.3. The largest absolute Gasteiger partial charge is 0.394 e. The van der Waals surface area contributed by atoms with Gasteiger partial charge in [-0.15, -0.1) is 0 Å². The average molecular weight is 1270 g/mol. The van der Waals surface area contributed by atoms with E-state index in [1.165, 1.54) is 167 Å². The van der Waals surface area contributed by atoms with Crippen LogP contribution in [0.2, 0.25) is 0 Å². The number of carbonyl (C=O) groups excluding carboxylic acids is 1. The molecule has 520 valence electrons. The van der Waals surface area contributed by atoms with Crippen LogP contribution >= 0.6 is 0 Å². The summed E-state index contributed by atoms with van der Waals surface area (Å²) in [5.74, 6) is -0.206. The Morgan fingerprint density at radius 3 is 1.05 bits per heavy atom.